The molecule has 0 aromatic carbocycles. The van der Waals surface area contributed by atoms with E-state index in [1.165, 1.54) is 10.8 Å². The summed E-state index contributed by atoms with van der Waals surface area (Å²) in [6.07, 6.45) is -3.56. The smallest absolute Gasteiger partial charge is 0.255 e. The lowest BCUT2D eigenvalue weighted by atomic mass is 10.3. The molecule has 0 aliphatic rings. The molecule has 1 aromatic rings. The highest BCUT2D eigenvalue weighted by molar-refractivity contribution is 7.90. The van der Waals surface area contributed by atoms with E-state index in [0.29, 0.717) is 0 Å². The van der Waals surface area contributed by atoms with E-state index in [1.54, 1.807) is 10.8 Å². The molecule has 1 rings (SSSR count). The summed E-state index contributed by atoms with van der Waals surface area (Å²) in [4.78, 5) is 3.55. The van der Waals surface area contributed by atoms with Crippen LogP contribution in [0.25, 0.3) is 0 Å². The zero-order valence-corrected chi connectivity index (χ0v) is 9.51. The molecular formula is C8H7F3N4O2S. The summed E-state index contributed by atoms with van der Waals surface area (Å²) < 4.78 is 60.9. The molecule has 0 unspecified atom stereocenters. The zero-order valence-electron chi connectivity index (χ0n) is 8.69. The zero-order chi connectivity index (χ0) is 13.8. The van der Waals surface area contributed by atoms with E-state index in [1.807, 2.05) is 0 Å². The molecule has 0 aliphatic heterocycles. The first-order valence-corrected chi connectivity index (χ1v) is 5.90. The molecule has 18 heavy (non-hydrogen) atoms. The van der Waals surface area contributed by atoms with Crippen molar-refractivity contribution in [2.75, 3.05) is 11.3 Å². The SMILES string of the molecule is N#Cc1ccc(NS(=O)(=O)NCC(F)(F)F)nc1. The normalized spacial score (nSPS) is 11.9. The number of anilines is 1. The molecule has 0 aliphatic carbocycles. The van der Waals surface area contributed by atoms with Gasteiger partial charge < -0.3 is 0 Å². The number of hydrogen-bond donors (Lipinski definition) is 2. The fraction of sp³-hybridized carbons (Fsp3) is 0.250. The van der Waals surface area contributed by atoms with E-state index >= 15 is 0 Å². The largest absolute Gasteiger partial charge is 0.402 e. The number of nitriles is 1. The van der Waals surface area contributed by atoms with Crippen molar-refractivity contribution in [1.82, 2.24) is 9.71 Å². The molecule has 0 spiro atoms. The highest BCUT2D eigenvalue weighted by Crippen LogP contribution is 2.13. The Hall–Kier alpha value is -1.86. The van der Waals surface area contributed by atoms with Crippen LogP contribution >= 0.6 is 0 Å². The van der Waals surface area contributed by atoms with Crippen LogP contribution in [0.1, 0.15) is 5.56 Å². The Morgan fingerprint density at radius 3 is 2.50 bits per heavy atom. The number of nitrogens with zero attached hydrogens (tertiary/aromatic N) is 2. The Kier molecular flexibility index (Phi) is 4.10. The Balaban J connectivity index is 2.68. The molecular weight excluding hydrogens is 273 g/mol. The Morgan fingerprint density at radius 2 is 2.06 bits per heavy atom. The summed E-state index contributed by atoms with van der Waals surface area (Å²) in [5, 5.41) is 8.47. The van der Waals surface area contributed by atoms with Crippen LogP contribution in [0.3, 0.4) is 0 Å². The number of nitrogens with one attached hydrogen (secondary N) is 2. The number of hydrogen-bond acceptors (Lipinski definition) is 4. The predicted octanol–water partition coefficient (Wildman–Crippen LogP) is 0.762. The van der Waals surface area contributed by atoms with E-state index in [2.05, 4.69) is 4.98 Å². The second-order valence-electron chi connectivity index (χ2n) is 3.09. The van der Waals surface area contributed by atoms with Gasteiger partial charge in [0.25, 0.3) is 0 Å². The van der Waals surface area contributed by atoms with Gasteiger partial charge in [-0.3, -0.25) is 4.72 Å². The molecule has 2 N–H and O–H groups in total. The summed E-state index contributed by atoms with van der Waals surface area (Å²) >= 11 is 0. The second kappa shape index (κ2) is 5.19. The van der Waals surface area contributed by atoms with E-state index in [9.17, 15) is 21.6 Å². The van der Waals surface area contributed by atoms with Gasteiger partial charge in [0.1, 0.15) is 18.4 Å². The van der Waals surface area contributed by atoms with Crippen molar-refractivity contribution in [2.24, 2.45) is 0 Å². The maximum absolute atomic E-state index is 11.8. The van der Waals surface area contributed by atoms with Crippen molar-refractivity contribution in [3.63, 3.8) is 0 Å². The summed E-state index contributed by atoms with van der Waals surface area (Å²) in [7, 11) is -4.35. The summed E-state index contributed by atoms with van der Waals surface area (Å²) in [6.45, 7) is -1.68. The van der Waals surface area contributed by atoms with E-state index in [0.717, 1.165) is 12.3 Å². The molecule has 10 heteroatoms. The van der Waals surface area contributed by atoms with Crippen LogP contribution in [0.2, 0.25) is 0 Å². The molecule has 0 amide bonds. The van der Waals surface area contributed by atoms with Gasteiger partial charge in [-0.25, -0.2) is 4.98 Å². The van der Waals surface area contributed by atoms with Gasteiger partial charge >= 0.3 is 16.4 Å². The van der Waals surface area contributed by atoms with Crippen molar-refractivity contribution in [1.29, 1.82) is 5.26 Å². The number of alkyl halides is 3. The third-order valence-corrected chi connectivity index (χ3v) is 2.60. The number of pyridine rings is 1. The molecule has 0 fully saturated rings. The third-order valence-electron chi connectivity index (χ3n) is 1.59. The minimum Gasteiger partial charge on any atom is -0.255 e. The van der Waals surface area contributed by atoms with Gasteiger partial charge in [-0.15, -0.1) is 0 Å². The van der Waals surface area contributed by atoms with Crippen molar-refractivity contribution in [2.45, 2.75) is 6.18 Å². The van der Waals surface area contributed by atoms with Crippen molar-refractivity contribution >= 4 is 16.0 Å². The van der Waals surface area contributed by atoms with Crippen molar-refractivity contribution in [3.05, 3.63) is 23.9 Å². The van der Waals surface area contributed by atoms with Gasteiger partial charge in [-0.05, 0) is 12.1 Å². The fourth-order valence-electron chi connectivity index (χ4n) is 0.871. The maximum Gasteiger partial charge on any atom is 0.402 e. The molecule has 0 saturated carbocycles. The van der Waals surface area contributed by atoms with Crippen LogP contribution in [-0.4, -0.2) is 26.1 Å². The average Bonchev–Trinajstić information content (AvgIpc) is 2.26. The van der Waals surface area contributed by atoms with Gasteiger partial charge in [0.05, 0.1) is 5.56 Å². The summed E-state index contributed by atoms with van der Waals surface area (Å²) in [5.41, 5.74) is 0.196. The highest BCUT2D eigenvalue weighted by atomic mass is 32.2. The van der Waals surface area contributed by atoms with Crippen LogP contribution in [0, 0.1) is 11.3 Å². The Morgan fingerprint density at radius 1 is 1.39 bits per heavy atom. The van der Waals surface area contributed by atoms with Crippen LogP contribution in [0.5, 0.6) is 0 Å². The lowest BCUT2D eigenvalue weighted by Gasteiger charge is -2.10. The van der Waals surface area contributed by atoms with Gasteiger partial charge in [0, 0.05) is 6.20 Å². The van der Waals surface area contributed by atoms with Crippen LogP contribution in [-0.2, 0) is 10.2 Å². The molecule has 0 atom stereocenters. The monoisotopic (exact) mass is 280 g/mol. The topological polar surface area (TPSA) is 94.9 Å². The Labute approximate surface area is 101 Å². The highest BCUT2D eigenvalue weighted by Gasteiger charge is 2.29. The number of halogens is 3. The van der Waals surface area contributed by atoms with Gasteiger partial charge in [0.15, 0.2) is 0 Å². The van der Waals surface area contributed by atoms with Crippen molar-refractivity contribution in [3.8, 4) is 6.07 Å². The van der Waals surface area contributed by atoms with Gasteiger partial charge in [-0.1, -0.05) is 0 Å². The molecule has 6 nitrogen and oxygen atoms in total. The lowest BCUT2D eigenvalue weighted by Crippen LogP contribution is -2.37. The number of rotatable bonds is 4. The molecule has 98 valence electrons. The van der Waals surface area contributed by atoms with Crippen LogP contribution < -0.4 is 9.44 Å². The minimum atomic E-state index is -4.65. The molecule has 0 saturated heterocycles. The minimum absolute atomic E-state index is 0.191. The molecule has 0 radical (unpaired) electrons. The van der Waals surface area contributed by atoms with Gasteiger partial charge in [0.2, 0.25) is 0 Å². The second-order valence-corrected chi connectivity index (χ2v) is 4.59. The van der Waals surface area contributed by atoms with Gasteiger partial charge in [-0.2, -0.15) is 31.6 Å². The number of aromatic nitrogens is 1. The van der Waals surface area contributed by atoms with Crippen LogP contribution in [0.4, 0.5) is 19.0 Å². The maximum atomic E-state index is 11.8. The van der Waals surface area contributed by atoms with E-state index in [4.69, 9.17) is 5.26 Å². The lowest BCUT2D eigenvalue weighted by molar-refractivity contribution is -0.121. The first kappa shape index (κ1) is 14.2. The summed E-state index contributed by atoms with van der Waals surface area (Å²) in [6, 6.07) is 4.19. The summed E-state index contributed by atoms with van der Waals surface area (Å²) in [5.74, 6) is -0.191. The first-order valence-electron chi connectivity index (χ1n) is 4.42. The Bertz CT molecular complexity index is 547. The molecule has 0 bridgehead atoms. The quantitative estimate of drug-likeness (QED) is 0.851. The first-order chi connectivity index (χ1) is 8.22. The van der Waals surface area contributed by atoms with E-state index in [-0.39, 0.29) is 11.4 Å². The molecule has 1 aromatic heterocycles. The van der Waals surface area contributed by atoms with Crippen LogP contribution in [0.15, 0.2) is 18.3 Å². The third kappa shape index (κ3) is 4.98. The molecule has 1 heterocycles. The average molecular weight is 280 g/mol. The fourth-order valence-corrected chi connectivity index (χ4v) is 1.69. The van der Waals surface area contributed by atoms with Crippen molar-refractivity contribution < 1.29 is 21.6 Å². The predicted molar refractivity (Wildman–Crippen MR) is 55.6 cm³/mol. The standard InChI is InChI=1S/C8H7F3N4O2S/c9-8(10,11)5-14-18(16,17)15-7-2-1-6(3-12)4-13-7/h1-2,4,14H,5H2,(H,13,15). The van der Waals surface area contributed by atoms with E-state index < -0.39 is 22.9 Å².